The monoisotopic (exact) mass is 166 g/mol. The molecule has 2 nitrogen and oxygen atoms in total. The minimum atomic E-state index is -0.502. The van der Waals surface area contributed by atoms with Gasteiger partial charge in [0.2, 0.25) is 0 Å². The van der Waals surface area contributed by atoms with Gasteiger partial charge in [0.15, 0.2) is 0 Å². The molecule has 0 saturated heterocycles. The van der Waals surface area contributed by atoms with Crippen LogP contribution in [0.25, 0.3) is 0 Å². The summed E-state index contributed by atoms with van der Waals surface area (Å²) in [6.45, 7) is 1.68. The standard InChI is InChI=1S/C10H14O2/c1-8(12)10(7-11)9-5-3-2-4-6-9/h2-6,8,10-12H,7H2,1H3/t8-,10+/m0/s1. The first-order valence-corrected chi connectivity index (χ1v) is 4.09. The van der Waals surface area contributed by atoms with Crippen molar-refractivity contribution in [2.24, 2.45) is 0 Å². The molecule has 66 valence electrons. The van der Waals surface area contributed by atoms with E-state index in [9.17, 15) is 5.11 Å². The molecule has 0 aliphatic carbocycles. The molecule has 0 aromatic heterocycles. The number of hydrogen-bond donors (Lipinski definition) is 2. The van der Waals surface area contributed by atoms with Crippen LogP contribution in [0, 0.1) is 0 Å². The van der Waals surface area contributed by atoms with Gasteiger partial charge >= 0.3 is 0 Å². The summed E-state index contributed by atoms with van der Waals surface area (Å²) in [5, 5.41) is 18.3. The zero-order valence-corrected chi connectivity index (χ0v) is 7.14. The Morgan fingerprint density at radius 3 is 2.25 bits per heavy atom. The van der Waals surface area contributed by atoms with Crippen molar-refractivity contribution in [3.8, 4) is 0 Å². The Bertz CT molecular complexity index is 219. The molecule has 0 fully saturated rings. The maximum atomic E-state index is 9.31. The van der Waals surface area contributed by atoms with Crippen molar-refractivity contribution >= 4 is 0 Å². The van der Waals surface area contributed by atoms with Crippen molar-refractivity contribution in [2.75, 3.05) is 6.61 Å². The van der Waals surface area contributed by atoms with Crippen molar-refractivity contribution in [1.29, 1.82) is 0 Å². The van der Waals surface area contributed by atoms with Crippen molar-refractivity contribution in [3.63, 3.8) is 0 Å². The first-order valence-electron chi connectivity index (χ1n) is 4.09. The number of benzene rings is 1. The van der Waals surface area contributed by atoms with Crippen LogP contribution in [0.3, 0.4) is 0 Å². The third-order valence-electron chi connectivity index (χ3n) is 2.01. The Labute approximate surface area is 72.5 Å². The molecule has 0 unspecified atom stereocenters. The van der Waals surface area contributed by atoms with Crippen LogP contribution in [0.15, 0.2) is 30.3 Å². The van der Waals surface area contributed by atoms with Crippen LogP contribution in [0.5, 0.6) is 0 Å². The van der Waals surface area contributed by atoms with Crippen LogP contribution < -0.4 is 0 Å². The van der Waals surface area contributed by atoms with E-state index in [1.807, 2.05) is 30.3 Å². The van der Waals surface area contributed by atoms with Gasteiger partial charge in [-0.05, 0) is 12.5 Å². The van der Waals surface area contributed by atoms with Gasteiger partial charge < -0.3 is 10.2 Å². The Morgan fingerprint density at radius 2 is 1.83 bits per heavy atom. The average Bonchev–Trinajstić information content (AvgIpc) is 2.07. The highest BCUT2D eigenvalue weighted by Gasteiger charge is 2.14. The Balaban J connectivity index is 2.80. The molecule has 1 aromatic carbocycles. The topological polar surface area (TPSA) is 40.5 Å². The molecule has 1 aromatic rings. The summed E-state index contributed by atoms with van der Waals surface area (Å²) in [4.78, 5) is 0. The Kier molecular flexibility index (Phi) is 3.26. The van der Waals surface area contributed by atoms with E-state index in [0.717, 1.165) is 5.56 Å². The first-order chi connectivity index (χ1) is 5.75. The van der Waals surface area contributed by atoms with E-state index >= 15 is 0 Å². The summed E-state index contributed by atoms with van der Waals surface area (Å²) in [7, 11) is 0. The summed E-state index contributed by atoms with van der Waals surface area (Å²) in [5.74, 6) is -0.161. The molecule has 0 aliphatic heterocycles. The Hall–Kier alpha value is -0.860. The molecule has 12 heavy (non-hydrogen) atoms. The molecule has 0 aliphatic rings. The first kappa shape index (κ1) is 9.23. The van der Waals surface area contributed by atoms with Gasteiger partial charge in [-0.1, -0.05) is 30.3 Å². The van der Waals surface area contributed by atoms with Crippen molar-refractivity contribution in [1.82, 2.24) is 0 Å². The molecule has 2 N–H and O–H groups in total. The summed E-state index contributed by atoms with van der Waals surface area (Å²) in [5.41, 5.74) is 0.981. The summed E-state index contributed by atoms with van der Waals surface area (Å²) in [6, 6.07) is 9.54. The van der Waals surface area contributed by atoms with Gasteiger partial charge in [0.25, 0.3) is 0 Å². The van der Waals surface area contributed by atoms with E-state index in [2.05, 4.69) is 0 Å². The molecule has 0 bridgehead atoms. The minimum absolute atomic E-state index is 0.0122. The van der Waals surface area contributed by atoms with Gasteiger partial charge in [-0.3, -0.25) is 0 Å². The fourth-order valence-corrected chi connectivity index (χ4v) is 1.24. The highest BCUT2D eigenvalue weighted by atomic mass is 16.3. The smallest absolute Gasteiger partial charge is 0.0602 e. The largest absolute Gasteiger partial charge is 0.396 e. The molecular formula is C10H14O2. The molecule has 0 radical (unpaired) electrons. The molecular weight excluding hydrogens is 152 g/mol. The van der Waals surface area contributed by atoms with Crippen LogP contribution >= 0.6 is 0 Å². The van der Waals surface area contributed by atoms with Crippen LogP contribution in [0.1, 0.15) is 18.4 Å². The fourth-order valence-electron chi connectivity index (χ4n) is 1.24. The third-order valence-corrected chi connectivity index (χ3v) is 2.01. The lowest BCUT2D eigenvalue weighted by Gasteiger charge is -2.17. The van der Waals surface area contributed by atoms with Crippen LogP contribution in [0.4, 0.5) is 0 Å². The van der Waals surface area contributed by atoms with Gasteiger partial charge in [-0.15, -0.1) is 0 Å². The number of aliphatic hydroxyl groups excluding tert-OH is 2. The van der Waals surface area contributed by atoms with Gasteiger partial charge in [-0.2, -0.15) is 0 Å². The lowest BCUT2D eigenvalue weighted by atomic mass is 9.95. The lowest BCUT2D eigenvalue weighted by Crippen LogP contribution is -2.18. The minimum Gasteiger partial charge on any atom is -0.396 e. The zero-order chi connectivity index (χ0) is 8.97. The van der Waals surface area contributed by atoms with E-state index in [1.165, 1.54) is 0 Å². The van der Waals surface area contributed by atoms with Gasteiger partial charge in [-0.25, -0.2) is 0 Å². The maximum absolute atomic E-state index is 9.31. The van der Waals surface area contributed by atoms with E-state index < -0.39 is 6.10 Å². The number of aliphatic hydroxyl groups is 2. The van der Waals surface area contributed by atoms with Crippen LogP contribution in [-0.4, -0.2) is 22.9 Å². The number of hydrogen-bond acceptors (Lipinski definition) is 2. The molecule has 1 rings (SSSR count). The fraction of sp³-hybridized carbons (Fsp3) is 0.400. The average molecular weight is 166 g/mol. The zero-order valence-electron chi connectivity index (χ0n) is 7.14. The molecule has 0 heterocycles. The molecule has 2 atom stereocenters. The molecule has 2 heteroatoms. The quantitative estimate of drug-likeness (QED) is 0.707. The van der Waals surface area contributed by atoms with Gasteiger partial charge in [0, 0.05) is 5.92 Å². The van der Waals surface area contributed by atoms with Crippen molar-refractivity contribution in [2.45, 2.75) is 18.9 Å². The second-order valence-corrected chi connectivity index (χ2v) is 2.94. The summed E-state index contributed by atoms with van der Waals surface area (Å²) in [6.07, 6.45) is -0.502. The van der Waals surface area contributed by atoms with E-state index in [1.54, 1.807) is 6.92 Å². The maximum Gasteiger partial charge on any atom is 0.0602 e. The predicted molar refractivity (Wildman–Crippen MR) is 47.9 cm³/mol. The Morgan fingerprint density at radius 1 is 1.25 bits per heavy atom. The third kappa shape index (κ3) is 2.06. The second-order valence-electron chi connectivity index (χ2n) is 2.94. The van der Waals surface area contributed by atoms with Crippen molar-refractivity contribution in [3.05, 3.63) is 35.9 Å². The lowest BCUT2D eigenvalue weighted by molar-refractivity contribution is 0.121. The van der Waals surface area contributed by atoms with Gasteiger partial charge in [0.05, 0.1) is 12.7 Å². The molecule has 0 saturated carbocycles. The summed E-state index contributed by atoms with van der Waals surface area (Å²) < 4.78 is 0. The van der Waals surface area contributed by atoms with Crippen LogP contribution in [0.2, 0.25) is 0 Å². The van der Waals surface area contributed by atoms with E-state index in [0.29, 0.717) is 0 Å². The molecule has 0 amide bonds. The highest BCUT2D eigenvalue weighted by Crippen LogP contribution is 2.18. The van der Waals surface area contributed by atoms with E-state index in [4.69, 9.17) is 5.11 Å². The van der Waals surface area contributed by atoms with Crippen molar-refractivity contribution < 1.29 is 10.2 Å². The van der Waals surface area contributed by atoms with Gasteiger partial charge in [0.1, 0.15) is 0 Å². The number of rotatable bonds is 3. The van der Waals surface area contributed by atoms with E-state index in [-0.39, 0.29) is 12.5 Å². The highest BCUT2D eigenvalue weighted by molar-refractivity contribution is 5.20. The predicted octanol–water partition coefficient (Wildman–Crippen LogP) is 1.14. The SMILES string of the molecule is C[C@H](O)[C@@H](CO)c1ccccc1. The summed E-state index contributed by atoms with van der Waals surface area (Å²) >= 11 is 0. The normalized spacial score (nSPS) is 15.6. The second kappa shape index (κ2) is 4.24. The van der Waals surface area contributed by atoms with Crippen LogP contribution in [-0.2, 0) is 0 Å². The molecule has 0 spiro atoms.